The van der Waals surface area contributed by atoms with Crippen molar-refractivity contribution in [2.75, 3.05) is 38.2 Å². The van der Waals surface area contributed by atoms with Crippen molar-refractivity contribution in [2.24, 2.45) is 0 Å². The predicted molar refractivity (Wildman–Crippen MR) is 122 cm³/mol. The number of para-hydroxylation sites is 1. The maximum Gasteiger partial charge on any atom is 0.262 e. The van der Waals surface area contributed by atoms with Crippen LogP contribution in [0.2, 0.25) is 0 Å². The van der Waals surface area contributed by atoms with Crippen LogP contribution >= 0.6 is 0 Å². The van der Waals surface area contributed by atoms with Crippen LogP contribution in [0.1, 0.15) is 0 Å². The van der Waals surface area contributed by atoms with Gasteiger partial charge in [0.25, 0.3) is 5.91 Å². The molecule has 9 heteroatoms. The highest BCUT2D eigenvalue weighted by atomic mass is 32.2. The van der Waals surface area contributed by atoms with Gasteiger partial charge in [-0.25, -0.2) is 12.8 Å². The molecule has 7 nitrogen and oxygen atoms in total. The van der Waals surface area contributed by atoms with E-state index in [0.29, 0.717) is 5.75 Å². The molecule has 0 spiro atoms. The molecule has 1 amide bonds. The number of morpholine rings is 1. The van der Waals surface area contributed by atoms with E-state index < -0.39 is 26.6 Å². The molecule has 0 atom stereocenters. The molecule has 0 unspecified atom stereocenters. The van der Waals surface area contributed by atoms with Crippen LogP contribution in [-0.2, 0) is 19.6 Å². The van der Waals surface area contributed by atoms with Crippen molar-refractivity contribution in [2.45, 2.75) is 4.90 Å². The number of sulfonamides is 1. The average molecular weight is 471 g/mol. The first-order valence-electron chi connectivity index (χ1n) is 10.4. The van der Waals surface area contributed by atoms with Gasteiger partial charge in [-0.2, -0.15) is 4.31 Å². The molecule has 1 aliphatic heterocycles. The first kappa shape index (κ1) is 22.9. The molecule has 1 heterocycles. The fourth-order valence-electron chi connectivity index (χ4n) is 3.49. The fraction of sp³-hybridized carbons (Fsp3) is 0.208. The molecule has 0 saturated carbocycles. The number of benzene rings is 3. The number of carbonyl (C=O) groups excluding carboxylic acids is 1. The SMILES string of the molecule is O=C(COc1ccccc1-c1ccccc1)Nc1ccc(F)c(S(=O)(=O)N2CCOCC2)c1. The molecule has 172 valence electrons. The van der Waals surface area contributed by atoms with Crippen molar-refractivity contribution in [1.82, 2.24) is 4.31 Å². The number of nitrogens with one attached hydrogen (secondary N) is 1. The van der Waals surface area contributed by atoms with Crippen LogP contribution in [0, 0.1) is 5.82 Å². The van der Waals surface area contributed by atoms with Gasteiger partial charge >= 0.3 is 0 Å². The Balaban J connectivity index is 1.45. The summed E-state index contributed by atoms with van der Waals surface area (Å²) in [4.78, 5) is 12.0. The van der Waals surface area contributed by atoms with Gasteiger partial charge in [0.1, 0.15) is 16.5 Å². The van der Waals surface area contributed by atoms with Gasteiger partial charge in [0.15, 0.2) is 6.61 Å². The van der Waals surface area contributed by atoms with E-state index in [4.69, 9.17) is 9.47 Å². The van der Waals surface area contributed by atoms with E-state index in [9.17, 15) is 17.6 Å². The van der Waals surface area contributed by atoms with Gasteiger partial charge in [0, 0.05) is 24.3 Å². The maximum atomic E-state index is 14.4. The molecule has 0 aromatic heterocycles. The summed E-state index contributed by atoms with van der Waals surface area (Å²) in [5.41, 5.74) is 1.95. The first-order valence-corrected chi connectivity index (χ1v) is 11.8. The Hall–Kier alpha value is -3.27. The summed E-state index contributed by atoms with van der Waals surface area (Å²) in [7, 11) is -4.05. The lowest BCUT2D eigenvalue weighted by atomic mass is 10.1. The van der Waals surface area contributed by atoms with Crippen molar-refractivity contribution in [3.05, 3.63) is 78.6 Å². The normalized spacial score (nSPS) is 14.6. The van der Waals surface area contributed by atoms with Crippen molar-refractivity contribution in [3.8, 4) is 16.9 Å². The molecular formula is C24H23FN2O5S. The molecule has 4 rings (SSSR count). The lowest BCUT2D eigenvalue weighted by Crippen LogP contribution is -2.40. The molecule has 0 bridgehead atoms. The zero-order valence-corrected chi connectivity index (χ0v) is 18.6. The Bertz CT molecular complexity index is 1230. The van der Waals surface area contributed by atoms with Crippen LogP contribution in [0.25, 0.3) is 11.1 Å². The third kappa shape index (κ3) is 5.39. The Labute approximate surface area is 191 Å². The molecule has 1 saturated heterocycles. The van der Waals surface area contributed by atoms with Gasteiger partial charge < -0.3 is 14.8 Å². The van der Waals surface area contributed by atoms with E-state index in [0.717, 1.165) is 23.3 Å². The Morgan fingerprint density at radius 3 is 2.45 bits per heavy atom. The van der Waals surface area contributed by atoms with E-state index in [-0.39, 0.29) is 38.6 Å². The van der Waals surface area contributed by atoms with Gasteiger partial charge in [-0.3, -0.25) is 4.79 Å². The van der Waals surface area contributed by atoms with Gasteiger partial charge in [-0.1, -0.05) is 48.5 Å². The van der Waals surface area contributed by atoms with Crippen LogP contribution in [0.15, 0.2) is 77.7 Å². The van der Waals surface area contributed by atoms with Crippen LogP contribution in [0.4, 0.5) is 10.1 Å². The van der Waals surface area contributed by atoms with E-state index in [1.807, 2.05) is 48.5 Å². The van der Waals surface area contributed by atoms with Crippen LogP contribution < -0.4 is 10.1 Å². The predicted octanol–water partition coefficient (Wildman–Crippen LogP) is 3.53. The molecule has 3 aromatic carbocycles. The lowest BCUT2D eigenvalue weighted by molar-refractivity contribution is -0.118. The van der Waals surface area contributed by atoms with E-state index >= 15 is 0 Å². The lowest BCUT2D eigenvalue weighted by Gasteiger charge is -2.26. The smallest absolute Gasteiger partial charge is 0.262 e. The summed E-state index contributed by atoms with van der Waals surface area (Å²) in [5, 5.41) is 2.58. The number of ether oxygens (including phenoxy) is 2. The maximum absolute atomic E-state index is 14.4. The second-order valence-electron chi connectivity index (χ2n) is 7.36. The minimum absolute atomic E-state index is 0.146. The zero-order valence-electron chi connectivity index (χ0n) is 17.7. The number of amides is 1. The molecule has 0 aliphatic carbocycles. The van der Waals surface area contributed by atoms with E-state index in [1.165, 1.54) is 10.4 Å². The number of halogens is 1. The quantitative estimate of drug-likeness (QED) is 0.571. The van der Waals surface area contributed by atoms with Crippen molar-refractivity contribution in [1.29, 1.82) is 0 Å². The summed E-state index contributed by atoms with van der Waals surface area (Å²) in [5.74, 6) is -0.847. The molecule has 1 aliphatic rings. The molecular weight excluding hydrogens is 447 g/mol. The summed E-state index contributed by atoms with van der Waals surface area (Å²) < 4.78 is 52.1. The highest BCUT2D eigenvalue weighted by Gasteiger charge is 2.29. The van der Waals surface area contributed by atoms with Crippen LogP contribution in [0.5, 0.6) is 5.75 Å². The van der Waals surface area contributed by atoms with Gasteiger partial charge in [-0.15, -0.1) is 0 Å². The molecule has 3 aromatic rings. The highest BCUT2D eigenvalue weighted by Crippen LogP contribution is 2.29. The summed E-state index contributed by atoms with van der Waals surface area (Å²) in [6.45, 7) is 0.491. The van der Waals surface area contributed by atoms with Gasteiger partial charge in [0.2, 0.25) is 10.0 Å². The van der Waals surface area contributed by atoms with Crippen molar-refractivity contribution < 1.29 is 27.1 Å². The van der Waals surface area contributed by atoms with Gasteiger partial charge in [0.05, 0.1) is 13.2 Å². The summed E-state index contributed by atoms with van der Waals surface area (Å²) >= 11 is 0. The Morgan fingerprint density at radius 1 is 1.00 bits per heavy atom. The number of anilines is 1. The van der Waals surface area contributed by atoms with Crippen molar-refractivity contribution in [3.63, 3.8) is 0 Å². The monoisotopic (exact) mass is 470 g/mol. The number of rotatable bonds is 7. The summed E-state index contributed by atoms with van der Waals surface area (Å²) in [6.07, 6.45) is 0. The Morgan fingerprint density at radius 2 is 1.70 bits per heavy atom. The average Bonchev–Trinajstić information content (AvgIpc) is 2.85. The van der Waals surface area contributed by atoms with E-state index in [2.05, 4.69) is 5.32 Å². The van der Waals surface area contributed by atoms with Crippen LogP contribution in [-0.4, -0.2) is 51.5 Å². The number of hydrogen-bond donors (Lipinski definition) is 1. The topological polar surface area (TPSA) is 84.9 Å². The number of carbonyl (C=O) groups is 1. The third-order valence-electron chi connectivity index (χ3n) is 5.13. The third-order valence-corrected chi connectivity index (χ3v) is 7.05. The summed E-state index contributed by atoms with van der Waals surface area (Å²) in [6, 6.07) is 20.4. The standard InChI is InChI=1S/C24H23FN2O5S/c25-21-11-10-19(16-23(21)33(29,30)27-12-14-31-15-13-27)26-24(28)17-32-22-9-5-4-8-20(22)18-6-2-1-3-7-18/h1-11,16H,12-15,17H2,(H,26,28). The number of nitrogens with zero attached hydrogens (tertiary/aromatic N) is 1. The highest BCUT2D eigenvalue weighted by molar-refractivity contribution is 7.89. The van der Waals surface area contributed by atoms with Crippen molar-refractivity contribution >= 4 is 21.6 Å². The fourth-order valence-corrected chi connectivity index (χ4v) is 4.99. The first-order chi connectivity index (χ1) is 15.9. The molecule has 0 radical (unpaired) electrons. The number of hydrogen-bond acceptors (Lipinski definition) is 5. The second-order valence-corrected chi connectivity index (χ2v) is 9.27. The molecule has 33 heavy (non-hydrogen) atoms. The molecule has 1 fully saturated rings. The largest absolute Gasteiger partial charge is 0.483 e. The molecule has 1 N–H and O–H groups in total. The zero-order chi connectivity index (χ0) is 23.3. The minimum atomic E-state index is -4.05. The van der Waals surface area contributed by atoms with Crippen LogP contribution in [0.3, 0.4) is 0 Å². The van der Waals surface area contributed by atoms with Gasteiger partial charge in [-0.05, 0) is 29.8 Å². The Kier molecular flexibility index (Phi) is 7.02. The second kappa shape index (κ2) is 10.1. The van der Waals surface area contributed by atoms with E-state index in [1.54, 1.807) is 6.07 Å². The minimum Gasteiger partial charge on any atom is -0.483 e.